The highest BCUT2D eigenvalue weighted by molar-refractivity contribution is 14.1. The van der Waals surface area contributed by atoms with Gasteiger partial charge >= 0.3 is 5.97 Å². The fourth-order valence-electron chi connectivity index (χ4n) is 0.881. The molecule has 0 radical (unpaired) electrons. The molecule has 0 fully saturated rings. The Labute approximate surface area is 97.8 Å². The molecule has 0 saturated heterocycles. The summed E-state index contributed by atoms with van der Waals surface area (Å²) in [5.41, 5.74) is 1.23. The number of halogens is 1. The average molecular weight is 304 g/mol. The van der Waals surface area contributed by atoms with Gasteiger partial charge in [-0.2, -0.15) is 0 Å². The second-order valence-electron chi connectivity index (χ2n) is 3.35. The highest BCUT2D eigenvalue weighted by atomic mass is 127. The van der Waals surface area contributed by atoms with Crippen LogP contribution in [0.25, 0.3) is 0 Å². The molecular weight excluding hydrogens is 291 g/mol. The van der Waals surface area contributed by atoms with Crippen LogP contribution in [0.1, 0.15) is 19.4 Å². The lowest BCUT2D eigenvalue weighted by Crippen LogP contribution is -2.14. The van der Waals surface area contributed by atoms with E-state index in [2.05, 4.69) is 22.6 Å². The first-order valence-electron chi connectivity index (χ1n) is 4.50. The van der Waals surface area contributed by atoms with Gasteiger partial charge < -0.3 is 4.74 Å². The van der Waals surface area contributed by atoms with E-state index in [-0.39, 0.29) is 11.9 Å². The van der Waals surface area contributed by atoms with Gasteiger partial charge in [-0.05, 0) is 17.7 Å². The van der Waals surface area contributed by atoms with E-state index >= 15 is 0 Å². The lowest BCUT2D eigenvalue weighted by Gasteiger charge is -2.06. The van der Waals surface area contributed by atoms with Crippen LogP contribution in [0.15, 0.2) is 24.3 Å². The number of ether oxygens (including phenoxy) is 1. The molecule has 1 aromatic rings. The molecule has 0 atom stereocenters. The highest BCUT2D eigenvalue weighted by Crippen LogP contribution is 2.15. The number of hydrogen-bond acceptors (Lipinski definition) is 2. The van der Waals surface area contributed by atoms with Crippen LogP contribution in [0.4, 0.5) is 0 Å². The molecule has 0 amide bonds. The van der Waals surface area contributed by atoms with Crippen LogP contribution in [-0.2, 0) is 9.22 Å². The molecule has 14 heavy (non-hydrogen) atoms. The van der Waals surface area contributed by atoms with E-state index in [1.165, 1.54) is 5.56 Å². The molecule has 0 bridgehead atoms. The number of rotatable bonds is 3. The molecule has 0 heterocycles. The van der Waals surface area contributed by atoms with E-state index in [1.807, 2.05) is 38.1 Å². The van der Waals surface area contributed by atoms with Crippen LogP contribution in [0.2, 0.25) is 0 Å². The molecule has 0 aliphatic rings. The molecule has 1 rings (SSSR count). The van der Waals surface area contributed by atoms with Crippen LogP contribution in [0.5, 0.6) is 5.75 Å². The summed E-state index contributed by atoms with van der Waals surface area (Å²) >= 11 is 2.29. The van der Waals surface area contributed by atoms with Crippen molar-refractivity contribution in [1.29, 1.82) is 0 Å². The van der Waals surface area contributed by atoms with Crippen LogP contribution >= 0.6 is 22.6 Å². The maximum Gasteiger partial charge on any atom is 0.313 e. The van der Waals surface area contributed by atoms with E-state index in [0.29, 0.717) is 5.75 Å². The second-order valence-corrected chi connectivity index (χ2v) is 4.12. The number of carbonyl (C=O) groups excluding carboxylic acids is 1. The van der Waals surface area contributed by atoms with Crippen molar-refractivity contribution >= 4 is 28.6 Å². The molecule has 0 N–H and O–H groups in total. The lowest BCUT2D eigenvalue weighted by atomic mass is 10.2. The highest BCUT2D eigenvalue weighted by Gasteiger charge is 2.08. The predicted octanol–water partition coefficient (Wildman–Crippen LogP) is 3.18. The zero-order chi connectivity index (χ0) is 10.6. The van der Waals surface area contributed by atoms with Crippen molar-refractivity contribution < 1.29 is 9.53 Å². The summed E-state index contributed by atoms with van der Waals surface area (Å²) in [6.07, 6.45) is 0. The largest absolute Gasteiger partial charge is 0.426 e. The number of hydrogen-bond donors (Lipinski definition) is 0. The minimum atomic E-state index is -0.188. The van der Waals surface area contributed by atoms with Crippen LogP contribution in [0.3, 0.4) is 0 Å². The third kappa shape index (κ3) is 3.29. The van der Waals surface area contributed by atoms with Crippen molar-refractivity contribution in [3.8, 4) is 5.75 Å². The van der Waals surface area contributed by atoms with E-state index in [9.17, 15) is 4.79 Å². The molecular formula is C11H13IO2. The standard InChI is InChI=1S/C11H13IO2/c1-8(2)11(13)14-10-5-3-9(7-12)4-6-10/h3-6,8H,7H2,1-2H3. The summed E-state index contributed by atoms with van der Waals surface area (Å²) in [5.74, 6) is 0.351. The molecule has 3 heteroatoms. The van der Waals surface area contributed by atoms with Gasteiger partial charge in [0.2, 0.25) is 0 Å². The first-order chi connectivity index (χ1) is 6.63. The van der Waals surface area contributed by atoms with Gasteiger partial charge in [0.05, 0.1) is 5.92 Å². The van der Waals surface area contributed by atoms with E-state index in [1.54, 1.807) is 0 Å². The quantitative estimate of drug-likeness (QED) is 0.371. The summed E-state index contributed by atoms with van der Waals surface area (Å²) in [4.78, 5) is 11.2. The van der Waals surface area contributed by atoms with Gasteiger partial charge in [-0.15, -0.1) is 0 Å². The third-order valence-electron chi connectivity index (χ3n) is 1.77. The maximum atomic E-state index is 11.2. The zero-order valence-electron chi connectivity index (χ0n) is 8.29. The second kappa shape index (κ2) is 5.34. The number of benzene rings is 1. The fraction of sp³-hybridized carbons (Fsp3) is 0.364. The van der Waals surface area contributed by atoms with Crippen molar-refractivity contribution in [2.45, 2.75) is 18.3 Å². The molecule has 0 saturated carbocycles. The smallest absolute Gasteiger partial charge is 0.313 e. The fourth-order valence-corrected chi connectivity index (χ4v) is 1.39. The molecule has 76 valence electrons. The van der Waals surface area contributed by atoms with Crippen molar-refractivity contribution in [3.05, 3.63) is 29.8 Å². The normalized spacial score (nSPS) is 10.3. The predicted molar refractivity (Wildman–Crippen MR) is 64.6 cm³/mol. The first kappa shape index (κ1) is 11.5. The Hall–Kier alpha value is -0.580. The van der Waals surface area contributed by atoms with E-state index in [4.69, 9.17) is 4.74 Å². The lowest BCUT2D eigenvalue weighted by molar-refractivity contribution is -0.137. The topological polar surface area (TPSA) is 26.3 Å². The monoisotopic (exact) mass is 304 g/mol. The Morgan fingerprint density at radius 3 is 2.36 bits per heavy atom. The minimum Gasteiger partial charge on any atom is -0.426 e. The number of esters is 1. The van der Waals surface area contributed by atoms with Crippen molar-refractivity contribution in [2.75, 3.05) is 0 Å². The maximum absolute atomic E-state index is 11.2. The van der Waals surface area contributed by atoms with Gasteiger partial charge in [0.15, 0.2) is 0 Å². The molecule has 0 aliphatic heterocycles. The average Bonchev–Trinajstić information content (AvgIpc) is 2.19. The minimum absolute atomic E-state index is 0.0840. The summed E-state index contributed by atoms with van der Waals surface area (Å²) in [6, 6.07) is 7.59. The summed E-state index contributed by atoms with van der Waals surface area (Å²) in [5, 5.41) is 0. The van der Waals surface area contributed by atoms with Gasteiger partial charge in [-0.1, -0.05) is 48.6 Å². The number of carbonyl (C=O) groups is 1. The molecule has 0 unspecified atom stereocenters. The van der Waals surface area contributed by atoms with Gasteiger partial charge in [-0.25, -0.2) is 0 Å². The molecule has 1 aromatic carbocycles. The third-order valence-corrected chi connectivity index (χ3v) is 2.65. The van der Waals surface area contributed by atoms with E-state index < -0.39 is 0 Å². The molecule has 2 nitrogen and oxygen atoms in total. The van der Waals surface area contributed by atoms with Crippen LogP contribution < -0.4 is 4.74 Å². The Balaban J connectivity index is 2.64. The Morgan fingerprint density at radius 1 is 1.36 bits per heavy atom. The van der Waals surface area contributed by atoms with Gasteiger partial charge in [0.25, 0.3) is 0 Å². The number of alkyl halides is 1. The van der Waals surface area contributed by atoms with Crippen LogP contribution in [0, 0.1) is 5.92 Å². The van der Waals surface area contributed by atoms with Gasteiger partial charge in [-0.3, -0.25) is 4.79 Å². The van der Waals surface area contributed by atoms with Gasteiger partial charge in [0, 0.05) is 4.43 Å². The van der Waals surface area contributed by atoms with E-state index in [0.717, 1.165) is 4.43 Å². The zero-order valence-corrected chi connectivity index (χ0v) is 10.4. The SMILES string of the molecule is CC(C)C(=O)Oc1ccc(CI)cc1. The van der Waals surface area contributed by atoms with Crippen molar-refractivity contribution in [2.24, 2.45) is 5.92 Å². The Morgan fingerprint density at radius 2 is 1.93 bits per heavy atom. The van der Waals surface area contributed by atoms with Gasteiger partial charge in [0.1, 0.15) is 5.75 Å². The van der Waals surface area contributed by atoms with Crippen molar-refractivity contribution in [1.82, 2.24) is 0 Å². The van der Waals surface area contributed by atoms with Crippen LogP contribution in [-0.4, -0.2) is 5.97 Å². The summed E-state index contributed by atoms with van der Waals surface area (Å²) in [6.45, 7) is 3.64. The molecule has 0 aliphatic carbocycles. The van der Waals surface area contributed by atoms with Crippen molar-refractivity contribution in [3.63, 3.8) is 0 Å². The molecule has 0 spiro atoms. The Kier molecular flexibility index (Phi) is 4.38. The summed E-state index contributed by atoms with van der Waals surface area (Å²) < 4.78 is 6.10. The Bertz CT molecular complexity index is 304. The molecule has 0 aromatic heterocycles. The summed E-state index contributed by atoms with van der Waals surface area (Å²) in [7, 11) is 0. The first-order valence-corrected chi connectivity index (χ1v) is 6.02.